The number of nitrogens with one attached hydrogen (secondary N) is 1. The molecule has 1 nitrogen and oxygen atoms in total. The van der Waals surface area contributed by atoms with Crippen molar-refractivity contribution in [2.45, 2.75) is 45.8 Å². The van der Waals surface area contributed by atoms with E-state index in [9.17, 15) is 13.2 Å². The minimum Gasteiger partial charge on any atom is -0.300 e. The monoisotopic (exact) mass is 259 g/mol. The van der Waals surface area contributed by atoms with Gasteiger partial charge in [-0.2, -0.15) is 13.2 Å². The van der Waals surface area contributed by atoms with Gasteiger partial charge >= 0.3 is 6.18 Å². The SMILES string of the molecule is CCCNC(C)(c1ccc(C)cc1C)C(F)(F)F. The van der Waals surface area contributed by atoms with Gasteiger partial charge < -0.3 is 5.32 Å². The fourth-order valence-electron chi connectivity index (χ4n) is 2.10. The van der Waals surface area contributed by atoms with Crippen molar-refractivity contribution in [1.82, 2.24) is 5.32 Å². The molecule has 0 heterocycles. The number of benzene rings is 1. The zero-order valence-electron chi connectivity index (χ0n) is 11.3. The first kappa shape index (κ1) is 15.0. The van der Waals surface area contributed by atoms with Crippen LogP contribution in [-0.2, 0) is 5.54 Å². The Morgan fingerprint density at radius 2 is 1.78 bits per heavy atom. The highest BCUT2D eigenvalue weighted by molar-refractivity contribution is 5.36. The van der Waals surface area contributed by atoms with Crippen LogP contribution in [0.2, 0.25) is 0 Å². The van der Waals surface area contributed by atoms with Gasteiger partial charge in [-0.1, -0.05) is 30.7 Å². The maximum absolute atomic E-state index is 13.3. The van der Waals surface area contributed by atoms with Crippen molar-refractivity contribution in [1.29, 1.82) is 0 Å². The quantitative estimate of drug-likeness (QED) is 0.859. The first-order valence-electron chi connectivity index (χ1n) is 6.12. The molecule has 0 spiro atoms. The van der Waals surface area contributed by atoms with Crippen LogP contribution in [0.3, 0.4) is 0 Å². The van der Waals surface area contributed by atoms with Gasteiger partial charge in [0, 0.05) is 0 Å². The summed E-state index contributed by atoms with van der Waals surface area (Å²) in [4.78, 5) is 0. The highest BCUT2D eigenvalue weighted by Crippen LogP contribution is 2.40. The summed E-state index contributed by atoms with van der Waals surface area (Å²) in [6.07, 6.45) is -3.65. The van der Waals surface area contributed by atoms with Crippen LogP contribution < -0.4 is 5.32 Å². The van der Waals surface area contributed by atoms with Crippen LogP contribution in [0, 0.1) is 13.8 Å². The zero-order chi connectivity index (χ0) is 14.0. The first-order valence-corrected chi connectivity index (χ1v) is 6.12. The molecule has 0 fully saturated rings. The van der Waals surface area contributed by atoms with Crippen molar-refractivity contribution < 1.29 is 13.2 Å². The minimum absolute atomic E-state index is 0.300. The van der Waals surface area contributed by atoms with Gasteiger partial charge in [-0.15, -0.1) is 0 Å². The van der Waals surface area contributed by atoms with Gasteiger partial charge in [-0.25, -0.2) is 0 Å². The third-order valence-electron chi connectivity index (χ3n) is 3.22. The molecular weight excluding hydrogens is 239 g/mol. The summed E-state index contributed by atoms with van der Waals surface area (Å²) in [6.45, 7) is 7.00. The van der Waals surface area contributed by atoms with E-state index in [1.54, 1.807) is 25.1 Å². The van der Waals surface area contributed by atoms with Crippen molar-refractivity contribution in [3.63, 3.8) is 0 Å². The van der Waals surface area contributed by atoms with Crippen LogP contribution >= 0.6 is 0 Å². The van der Waals surface area contributed by atoms with Crippen molar-refractivity contribution >= 4 is 0 Å². The Morgan fingerprint density at radius 1 is 1.17 bits per heavy atom. The predicted octanol–water partition coefficient (Wildman–Crippen LogP) is 4.08. The molecule has 18 heavy (non-hydrogen) atoms. The molecule has 4 heteroatoms. The van der Waals surface area contributed by atoms with Gasteiger partial charge in [0.05, 0.1) is 0 Å². The van der Waals surface area contributed by atoms with E-state index < -0.39 is 11.7 Å². The largest absolute Gasteiger partial charge is 0.410 e. The summed E-state index contributed by atoms with van der Waals surface area (Å²) in [5.74, 6) is 0. The van der Waals surface area contributed by atoms with Crippen molar-refractivity contribution in [3.05, 3.63) is 34.9 Å². The topological polar surface area (TPSA) is 12.0 Å². The van der Waals surface area contributed by atoms with Gasteiger partial charge in [0.25, 0.3) is 0 Å². The Hall–Kier alpha value is -1.03. The highest BCUT2D eigenvalue weighted by Gasteiger charge is 2.52. The van der Waals surface area contributed by atoms with Crippen LogP contribution in [0.25, 0.3) is 0 Å². The maximum atomic E-state index is 13.3. The average molecular weight is 259 g/mol. The molecule has 0 bridgehead atoms. The maximum Gasteiger partial charge on any atom is 0.410 e. The van der Waals surface area contributed by atoms with E-state index in [2.05, 4.69) is 5.32 Å². The second kappa shape index (κ2) is 5.31. The summed E-state index contributed by atoms with van der Waals surface area (Å²) in [5, 5.41) is 2.64. The summed E-state index contributed by atoms with van der Waals surface area (Å²) in [7, 11) is 0. The first-order chi connectivity index (χ1) is 8.22. The van der Waals surface area contributed by atoms with Gasteiger partial charge in [-0.05, 0) is 44.9 Å². The Bertz CT molecular complexity index is 412. The number of halogens is 3. The molecular formula is C14H20F3N. The number of rotatable bonds is 4. The van der Waals surface area contributed by atoms with Crippen LogP contribution in [0.15, 0.2) is 18.2 Å². The Morgan fingerprint density at radius 3 is 2.22 bits per heavy atom. The molecule has 0 aromatic heterocycles. The molecule has 1 aromatic carbocycles. The Kier molecular flexibility index (Phi) is 4.43. The van der Waals surface area contributed by atoms with Crippen LogP contribution in [0.1, 0.15) is 37.0 Å². The van der Waals surface area contributed by atoms with Gasteiger partial charge in [0.2, 0.25) is 0 Å². The second-order valence-electron chi connectivity index (χ2n) is 4.87. The molecule has 0 saturated carbocycles. The molecule has 0 aliphatic carbocycles. The lowest BCUT2D eigenvalue weighted by Crippen LogP contribution is -2.52. The lowest BCUT2D eigenvalue weighted by atomic mass is 9.87. The second-order valence-corrected chi connectivity index (χ2v) is 4.87. The number of hydrogen-bond acceptors (Lipinski definition) is 1. The molecule has 1 atom stereocenters. The van der Waals surface area contributed by atoms with E-state index in [0.717, 1.165) is 5.56 Å². The van der Waals surface area contributed by atoms with Crippen LogP contribution in [0.5, 0.6) is 0 Å². The normalized spacial score (nSPS) is 15.5. The standard InChI is InChI=1S/C14H20F3N/c1-5-8-18-13(4,14(15,16)17)12-7-6-10(2)9-11(12)3/h6-7,9,18H,5,8H2,1-4H3. The van der Waals surface area contributed by atoms with Crippen molar-refractivity contribution in [2.24, 2.45) is 0 Å². The molecule has 1 N–H and O–H groups in total. The molecule has 102 valence electrons. The molecule has 0 radical (unpaired) electrons. The molecule has 1 rings (SSSR count). The number of aryl methyl sites for hydroxylation is 2. The summed E-state index contributed by atoms with van der Waals surface area (Å²) in [6, 6.07) is 5.08. The third-order valence-corrected chi connectivity index (χ3v) is 3.22. The van der Waals surface area contributed by atoms with Crippen molar-refractivity contribution in [3.8, 4) is 0 Å². The zero-order valence-corrected chi connectivity index (χ0v) is 11.3. The van der Waals surface area contributed by atoms with E-state index >= 15 is 0 Å². The summed E-state index contributed by atoms with van der Waals surface area (Å²) < 4.78 is 40.0. The van der Waals surface area contributed by atoms with E-state index in [1.807, 2.05) is 13.8 Å². The summed E-state index contributed by atoms with van der Waals surface area (Å²) >= 11 is 0. The van der Waals surface area contributed by atoms with E-state index in [1.165, 1.54) is 6.92 Å². The van der Waals surface area contributed by atoms with Gasteiger partial charge in [-0.3, -0.25) is 0 Å². The predicted molar refractivity (Wildman–Crippen MR) is 67.6 cm³/mol. The number of alkyl halides is 3. The summed E-state index contributed by atoms with van der Waals surface area (Å²) in [5.41, 5.74) is -0.0513. The Balaban J connectivity index is 3.26. The van der Waals surface area contributed by atoms with E-state index in [4.69, 9.17) is 0 Å². The van der Waals surface area contributed by atoms with Crippen molar-refractivity contribution in [2.75, 3.05) is 6.54 Å². The van der Waals surface area contributed by atoms with Gasteiger partial charge in [0.15, 0.2) is 0 Å². The fourth-order valence-corrected chi connectivity index (χ4v) is 2.10. The van der Waals surface area contributed by atoms with E-state index in [-0.39, 0.29) is 0 Å². The smallest absolute Gasteiger partial charge is 0.300 e. The molecule has 0 amide bonds. The minimum atomic E-state index is -4.32. The lowest BCUT2D eigenvalue weighted by molar-refractivity contribution is -0.195. The lowest BCUT2D eigenvalue weighted by Gasteiger charge is -2.35. The molecule has 0 aliphatic rings. The molecule has 0 saturated heterocycles. The van der Waals surface area contributed by atoms with Crippen LogP contribution in [0.4, 0.5) is 13.2 Å². The van der Waals surface area contributed by atoms with E-state index in [0.29, 0.717) is 24.1 Å². The molecule has 0 aliphatic heterocycles. The fraction of sp³-hybridized carbons (Fsp3) is 0.571. The Labute approximate surface area is 106 Å². The van der Waals surface area contributed by atoms with Gasteiger partial charge in [0.1, 0.15) is 5.54 Å². The molecule has 1 aromatic rings. The third kappa shape index (κ3) is 2.86. The highest BCUT2D eigenvalue weighted by atomic mass is 19.4. The molecule has 1 unspecified atom stereocenters. The average Bonchev–Trinajstić information content (AvgIpc) is 2.24. The number of hydrogen-bond donors (Lipinski definition) is 1. The van der Waals surface area contributed by atoms with Crippen LogP contribution in [-0.4, -0.2) is 12.7 Å².